The Labute approximate surface area is 162 Å². The number of hydrogen-bond acceptors (Lipinski definition) is 3. The van der Waals surface area contributed by atoms with Crippen LogP contribution in [0.15, 0.2) is 17.1 Å². The van der Waals surface area contributed by atoms with Gasteiger partial charge >= 0.3 is 0 Å². The van der Waals surface area contributed by atoms with Gasteiger partial charge in [-0.3, -0.25) is 4.99 Å². The van der Waals surface area contributed by atoms with Crippen molar-refractivity contribution in [2.24, 2.45) is 10.9 Å². The second-order valence-corrected chi connectivity index (χ2v) is 7.36. The Morgan fingerprint density at radius 1 is 1.26 bits per heavy atom. The monoisotopic (exact) mass is 450 g/mol. The summed E-state index contributed by atoms with van der Waals surface area (Å²) in [5.41, 5.74) is 0. The van der Waals surface area contributed by atoms with Crippen LogP contribution in [0.3, 0.4) is 0 Å². The number of halogens is 1. The molecule has 4 nitrogen and oxygen atoms in total. The van der Waals surface area contributed by atoms with Crippen LogP contribution in [0.1, 0.15) is 35.9 Å². The lowest BCUT2D eigenvalue weighted by Gasteiger charge is -2.29. The predicted molar refractivity (Wildman–Crippen MR) is 112 cm³/mol. The summed E-state index contributed by atoms with van der Waals surface area (Å²) in [5, 5.41) is 6.86. The summed E-state index contributed by atoms with van der Waals surface area (Å²) >= 11 is 1.88. The molecule has 0 unspecified atom stereocenters. The van der Waals surface area contributed by atoms with Crippen LogP contribution in [0.2, 0.25) is 0 Å². The van der Waals surface area contributed by atoms with Crippen molar-refractivity contribution in [3.8, 4) is 0 Å². The molecule has 0 bridgehead atoms. The number of nitrogens with zero attached hydrogens (tertiary/aromatic N) is 2. The molecule has 23 heavy (non-hydrogen) atoms. The van der Waals surface area contributed by atoms with Crippen LogP contribution in [0, 0.1) is 5.92 Å². The van der Waals surface area contributed by atoms with E-state index in [2.05, 4.69) is 46.6 Å². The fourth-order valence-corrected chi connectivity index (χ4v) is 3.74. The highest BCUT2D eigenvalue weighted by Crippen LogP contribution is 2.18. The van der Waals surface area contributed by atoms with Gasteiger partial charge in [-0.2, -0.15) is 0 Å². The lowest BCUT2D eigenvalue weighted by atomic mass is 9.94. The number of nitrogens with one attached hydrogen (secondary N) is 2. The Balaban J connectivity index is 0.00000264. The minimum absolute atomic E-state index is 0. The molecule has 1 saturated heterocycles. The van der Waals surface area contributed by atoms with Gasteiger partial charge in [0, 0.05) is 23.3 Å². The van der Waals surface area contributed by atoms with Gasteiger partial charge in [-0.05, 0) is 63.9 Å². The first-order valence-corrected chi connectivity index (χ1v) is 9.23. The summed E-state index contributed by atoms with van der Waals surface area (Å²) in [6, 6.07) is 4.43. The number of thiophene rings is 1. The summed E-state index contributed by atoms with van der Waals surface area (Å²) in [4.78, 5) is 9.56. The molecule has 1 aliphatic heterocycles. The van der Waals surface area contributed by atoms with Gasteiger partial charge in [-0.1, -0.05) is 6.92 Å². The SMILES string of the molecule is CCc1ccc(CNC(=NC)NCCC2CCN(C)CC2)s1.I. The van der Waals surface area contributed by atoms with Gasteiger partial charge in [0.25, 0.3) is 0 Å². The highest BCUT2D eigenvalue weighted by atomic mass is 127. The number of piperidine rings is 1. The van der Waals surface area contributed by atoms with Crippen molar-refractivity contribution in [3.05, 3.63) is 21.9 Å². The lowest BCUT2D eigenvalue weighted by Crippen LogP contribution is -2.38. The Bertz CT molecular complexity index is 467. The first-order chi connectivity index (χ1) is 10.7. The zero-order valence-corrected chi connectivity index (χ0v) is 17.7. The van der Waals surface area contributed by atoms with Crippen molar-refractivity contribution in [1.82, 2.24) is 15.5 Å². The van der Waals surface area contributed by atoms with Crippen LogP contribution >= 0.6 is 35.3 Å². The Hall–Kier alpha value is -0.340. The van der Waals surface area contributed by atoms with Gasteiger partial charge in [0.1, 0.15) is 0 Å². The summed E-state index contributed by atoms with van der Waals surface area (Å²) in [7, 11) is 4.06. The van der Waals surface area contributed by atoms with E-state index in [-0.39, 0.29) is 24.0 Å². The number of aliphatic imine (C=N–C) groups is 1. The van der Waals surface area contributed by atoms with E-state index in [1.54, 1.807) is 0 Å². The minimum atomic E-state index is 0. The normalized spacial score (nSPS) is 16.9. The average molecular weight is 450 g/mol. The van der Waals surface area contributed by atoms with Crippen LogP contribution in [0.5, 0.6) is 0 Å². The molecule has 2 heterocycles. The highest BCUT2D eigenvalue weighted by molar-refractivity contribution is 14.0. The summed E-state index contributed by atoms with van der Waals surface area (Å²) < 4.78 is 0. The predicted octanol–water partition coefficient (Wildman–Crippen LogP) is 3.33. The smallest absolute Gasteiger partial charge is 0.191 e. The molecule has 2 rings (SSSR count). The summed E-state index contributed by atoms with van der Waals surface area (Å²) in [5.74, 6) is 1.78. The molecule has 132 valence electrons. The van der Waals surface area contributed by atoms with Crippen molar-refractivity contribution in [1.29, 1.82) is 0 Å². The molecule has 0 saturated carbocycles. The number of aryl methyl sites for hydroxylation is 1. The molecule has 6 heteroatoms. The molecule has 2 N–H and O–H groups in total. The van der Waals surface area contributed by atoms with Crippen molar-refractivity contribution in [3.63, 3.8) is 0 Å². The van der Waals surface area contributed by atoms with E-state index in [0.29, 0.717) is 0 Å². The van der Waals surface area contributed by atoms with Gasteiger partial charge < -0.3 is 15.5 Å². The van der Waals surface area contributed by atoms with Crippen LogP contribution in [-0.4, -0.2) is 44.6 Å². The van der Waals surface area contributed by atoms with E-state index < -0.39 is 0 Å². The fraction of sp³-hybridized carbons (Fsp3) is 0.706. The van der Waals surface area contributed by atoms with Crippen LogP contribution in [-0.2, 0) is 13.0 Å². The molecular formula is C17H31IN4S. The van der Waals surface area contributed by atoms with Crippen molar-refractivity contribution < 1.29 is 0 Å². The third-order valence-corrected chi connectivity index (χ3v) is 5.63. The number of likely N-dealkylation sites (tertiary alicyclic amines) is 1. The quantitative estimate of drug-likeness (QED) is 0.397. The van der Waals surface area contributed by atoms with E-state index in [1.165, 1.54) is 42.1 Å². The second kappa shape index (κ2) is 11.3. The molecule has 0 atom stereocenters. The molecule has 0 amide bonds. The van der Waals surface area contributed by atoms with Gasteiger partial charge in [0.2, 0.25) is 0 Å². The molecular weight excluding hydrogens is 419 g/mol. The van der Waals surface area contributed by atoms with Crippen molar-refractivity contribution in [2.75, 3.05) is 33.7 Å². The molecule has 1 aliphatic rings. The number of rotatable bonds is 6. The van der Waals surface area contributed by atoms with E-state index in [0.717, 1.165) is 31.4 Å². The topological polar surface area (TPSA) is 39.7 Å². The number of hydrogen-bond donors (Lipinski definition) is 2. The third-order valence-electron chi connectivity index (χ3n) is 4.40. The largest absolute Gasteiger partial charge is 0.356 e. The molecule has 0 aromatic carbocycles. The Kier molecular flexibility index (Phi) is 10.1. The van der Waals surface area contributed by atoms with Crippen LogP contribution < -0.4 is 10.6 Å². The van der Waals surface area contributed by atoms with Crippen molar-refractivity contribution in [2.45, 2.75) is 39.2 Å². The van der Waals surface area contributed by atoms with Crippen molar-refractivity contribution >= 4 is 41.3 Å². The first-order valence-electron chi connectivity index (χ1n) is 8.42. The first kappa shape index (κ1) is 20.7. The van der Waals surface area contributed by atoms with Gasteiger partial charge in [-0.25, -0.2) is 0 Å². The minimum Gasteiger partial charge on any atom is -0.356 e. The van der Waals surface area contributed by atoms with E-state index in [9.17, 15) is 0 Å². The fourth-order valence-electron chi connectivity index (χ4n) is 2.84. The Morgan fingerprint density at radius 2 is 1.96 bits per heavy atom. The Morgan fingerprint density at radius 3 is 2.57 bits per heavy atom. The standard InChI is InChI=1S/C17H30N4S.HI/c1-4-15-5-6-16(22-15)13-20-17(18-2)19-10-7-14-8-11-21(3)12-9-14;/h5-6,14H,4,7-13H2,1-3H3,(H2,18,19,20);1H. The maximum absolute atomic E-state index is 4.32. The summed E-state index contributed by atoms with van der Waals surface area (Å²) in [6.45, 7) is 6.56. The molecule has 0 aliphatic carbocycles. The maximum Gasteiger partial charge on any atom is 0.191 e. The van der Waals surface area contributed by atoms with E-state index in [1.807, 2.05) is 18.4 Å². The average Bonchev–Trinajstić information content (AvgIpc) is 3.00. The molecule has 0 radical (unpaired) electrons. The number of guanidine groups is 1. The van der Waals surface area contributed by atoms with Crippen LogP contribution in [0.4, 0.5) is 0 Å². The summed E-state index contributed by atoms with van der Waals surface area (Å²) in [6.07, 6.45) is 5.03. The van der Waals surface area contributed by atoms with Gasteiger partial charge in [0.15, 0.2) is 5.96 Å². The maximum atomic E-state index is 4.32. The van der Waals surface area contributed by atoms with E-state index in [4.69, 9.17) is 0 Å². The zero-order valence-electron chi connectivity index (χ0n) is 14.6. The van der Waals surface area contributed by atoms with Crippen LogP contribution in [0.25, 0.3) is 0 Å². The second-order valence-electron chi connectivity index (χ2n) is 6.11. The highest BCUT2D eigenvalue weighted by Gasteiger charge is 2.16. The molecule has 1 aromatic heterocycles. The zero-order chi connectivity index (χ0) is 15.8. The van der Waals surface area contributed by atoms with E-state index >= 15 is 0 Å². The lowest BCUT2D eigenvalue weighted by molar-refractivity contribution is 0.213. The molecule has 1 fully saturated rings. The molecule has 0 spiro atoms. The van der Waals surface area contributed by atoms with Gasteiger partial charge in [-0.15, -0.1) is 35.3 Å². The molecule has 1 aromatic rings. The third kappa shape index (κ3) is 7.39. The van der Waals surface area contributed by atoms with Gasteiger partial charge in [0.05, 0.1) is 6.54 Å².